The number of carbonyl (C=O) groups excluding carboxylic acids is 1. The van der Waals surface area contributed by atoms with E-state index >= 15 is 0 Å². The molecule has 0 fully saturated rings. The molecule has 134 valence electrons. The number of nitrogens with zero attached hydrogens (tertiary/aromatic N) is 2. The average molecular weight is 348 g/mol. The molecular formula is C22H24N2O2. The second-order valence-electron chi connectivity index (χ2n) is 6.72. The summed E-state index contributed by atoms with van der Waals surface area (Å²) < 4.78 is 7.37. The van der Waals surface area contributed by atoms with Gasteiger partial charge in [-0.25, -0.2) is 4.98 Å². The summed E-state index contributed by atoms with van der Waals surface area (Å²) in [6.07, 6.45) is 4.45. The van der Waals surface area contributed by atoms with Crippen LogP contribution >= 0.6 is 0 Å². The maximum Gasteiger partial charge on any atom is 0.186 e. The Morgan fingerprint density at radius 1 is 1.19 bits per heavy atom. The number of para-hydroxylation sites is 2. The highest BCUT2D eigenvalue weighted by Gasteiger charge is 2.10. The van der Waals surface area contributed by atoms with Crippen LogP contribution in [-0.2, 0) is 6.54 Å². The van der Waals surface area contributed by atoms with Crippen LogP contribution in [-0.4, -0.2) is 22.4 Å². The summed E-state index contributed by atoms with van der Waals surface area (Å²) in [7, 11) is 1.59. The minimum Gasteiger partial charge on any atom is -0.497 e. The van der Waals surface area contributed by atoms with Crippen LogP contribution in [0.25, 0.3) is 17.1 Å². The first-order valence-electron chi connectivity index (χ1n) is 8.90. The lowest BCUT2D eigenvalue weighted by Gasteiger charge is -2.09. The third kappa shape index (κ3) is 4.02. The van der Waals surface area contributed by atoms with Gasteiger partial charge in [0.15, 0.2) is 5.78 Å². The van der Waals surface area contributed by atoms with E-state index in [1.807, 2.05) is 36.4 Å². The van der Waals surface area contributed by atoms with Crippen molar-refractivity contribution >= 4 is 22.9 Å². The summed E-state index contributed by atoms with van der Waals surface area (Å²) in [4.78, 5) is 17.2. The van der Waals surface area contributed by atoms with Crippen molar-refractivity contribution in [3.05, 3.63) is 66.0 Å². The van der Waals surface area contributed by atoms with Crippen molar-refractivity contribution < 1.29 is 9.53 Å². The lowest BCUT2D eigenvalue weighted by Crippen LogP contribution is -2.04. The van der Waals surface area contributed by atoms with Crippen LogP contribution in [0.1, 0.15) is 36.5 Å². The Labute approximate surface area is 154 Å². The van der Waals surface area contributed by atoms with Crippen LogP contribution in [0.3, 0.4) is 0 Å². The first-order valence-corrected chi connectivity index (χ1v) is 8.90. The van der Waals surface area contributed by atoms with Crippen molar-refractivity contribution in [1.29, 1.82) is 0 Å². The highest BCUT2D eigenvalue weighted by Crippen LogP contribution is 2.19. The van der Waals surface area contributed by atoms with Gasteiger partial charge in [0.05, 0.1) is 18.1 Å². The molecule has 0 aliphatic heterocycles. The van der Waals surface area contributed by atoms with Gasteiger partial charge >= 0.3 is 0 Å². The Hall–Kier alpha value is -2.88. The van der Waals surface area contributed by atoms with E-state index in [1.54, 1.807) is 25.3 Å². The van der Waals surface area contributed by atoms with Gasteiger partial charge in [-0.2, -0.15) is 0 Å². The molecule has 3 rings (SSSR count). The van der Waals surface area contributed by atoms with Gasteiger partial charge in [0.2, 0.25) is 0 Å². The minimum atomic E-state index is -0.0636. The number of hydrogen-bond acceptors (Lipinski definition) is 3. The van der Waals surface area contributed by atoms with E-state index in [9.17, 15) is 4.79 Å². The third-order valence-corrected chi connectivity index (χ3v) is 4.35. The van der Waals surface area contributed by atoms with Crippen LogP contribution in [0.4, 0.5) is 0 Å². The molecule has 0 bridgehead atoms. The molecule has 0 saturated carbocycles. The maximum absolute atomic E-state index is 12.5. The number of hydrogen-bond donors (Lipinski definition) is 0. The monoisotopic (exact) mass is 348 g/mol. The Balaban J connectivity index is 1.90. The largest absolute Gasteiger partial charge is 0.497 e. The molecule has 4 nitrogen and oxygen atoms in total. The van der Waals surface area contributed by atoms with Gasteiger partial charge in [0, 0.05) is 12.1 Å². The fourth-order valence-electron chi connectivity index (χ4n) is 2.87. The first-order chi connectivity index (χ1) is 12.6. The summed E-state index contributed by atoms with van der Waals surface area (Å²) in [5.74, 6) is 2.02. The highest BCUT2D eigenvalue weighted by molar-refractivity contribution is 6.07. The summed E-state index contributed by atoms with van der Waals surface area (Å²) >= 11 is 0. The number of methoxy groups -OCH3 is 1. The SMILES string of the molecule is COc1cccc(C(=O)/C=C/c2nc3ccccc3n2CCC(C)C)c1. The van der Waals surface area contributed by atoms with Gasteiger partial charge in [-0.1, -0.05) is 38.1 Å². The van der Waals surface area contributed by atoms with E-state index in [4.69, 9.17) is 4.74 Å². The molecule has 0 amide bonds. The zero-order valence-electron chi connectivity index (χ0n) is 15.5. The van der Waals surface area contributed by atoms with Gasteiger partial charge in [-0.3, -0.25) is 4.79 Å². The molecule has 1 aromatic heterocycles. The predicted molar refractivity (Wildman–Crippen MR) is 106 cm³/mol. The van der Waals surface area contributed by atoms with Gasteiger partial charge in [0.1, 0.15) is 11.6 Å². The second kappa shape index (κ2) is 8.00. The van der Waals surface area contributed by atoms with Crippen molar-refractivity contribution in [3.8, 4) is 5.75 Å². The molecule has 0 N–H and O–H groups in total. The van der Waals surface area contributed by atoms with Gasteiger partial charge in [-0.05, 0) is 48.8 Å². The number of ether oxygens (including phenoxy) is 1. The zero-order chi connectivity index (χ0) is 18.5. The van der Waals surface area contributed by atoms with Crippen LogP contribution in [0.2, 0.25) is 0 Å². The molecule has 0 atom stereocenters. The van der Waals surface area contributed by atoms with E-state index in [0.29, 0.717) is 17.2 Å². The highest BCUT2D eigenvalue weighted by atomic mass is 16.5. The fourth-order valence-corrected chi connectivity index (χ4v) is 2.87. The van der Waals surface area contributed by atoms with Gasteiger partial charge in [-0.15, -0.1) is 0 Å². The molecular weight excluding hydrogens is 324 g/mol. The number of aryl methyl sites for hydroxylation is 1. The van der Waals surface area contributed by atoms with Crippen LogP contribution < -0.4 is 4.74 Å². The van der Waals surface area contributed by atoms with Crippen molar-refractivity contribution in [2.24, 2.45) is 5.92 Å². The second-order valence-corrected chi connectivity index (χ2v) is 6.72. The Morgan fingerprint density at radius 3 is 2.77 bits per heavy atom. The van der Waals surface area contributed by atoms with Gasteiger partial charge in [0.25, 0.3) is 0 Å². The number of fused-ring (bicyclic) bond motifs is 1. The number of imidazole rings is 1. The molecule has 0 aliphatic rings. The normalized spacial score (nSPS) is 11.5. The van der Waals surface area contributed by atoms with Crippen LogP contribution in [0, 0.1) is 5.92 Å². The molecule has 0 radical (unpaired) electrons. The quantitative estimate of drug-likeness (QED) is 0.446. The van der Waals surface area contributed by atoms with E-state index in [0.717, 1.165) is 29.8 Å². The summed E-state index contributed by atoms with van der Waals surface area (Å²) in [5, 5.41) is 0. The Bertz CT molecular complexity index is 938. The average Bonchev–Trinajstić information content (AvgIpc) is 3.02. The minimum absolute atomic E-state index is 0.0636. The number of aromatic nitrogens is 2. The van der Waals surface area contributed by atoms with Gasteiger partial charge < -0.3 is 9.30 Å². The number of ketones is 1. The van der Waals surface area contributed by atoms with Crippen molar-refractivity contribution in [2.45, 2.75) is 26.8 Å². The topological polar surface area (TPSA) is 44.1 Å². The molecule has 3 aromatic rings. The van der Waals surface area contributed by atoms with Crippen molar-refractivity contribution in [1.82, 2.24) is 9.55 Å². The molecule has 0 unspecified atom stereocenters. The van der Waals surface area contributed by atoms with Crippen LogP contribution in [0.5, 0.6) is 5.75 Å². The smallest absolute Gasteiger partial charge is 0.186 e. The molecule has 0 aliphatic carbocycles. The standard InChI is InChI=1S/C22H24N2O2/c1-16(2)13-14-24-20-10-5-4-9-19(20)23-22(24)12-11-21(25)17-7-6-8-18(15-17)26-3/h4-12,15-16H,13-14H2,1-3H3/b12-11+. The summed E-state index contributed by atoms with van der Waals surface area (Å²) in [5.41, 5.74) is 2.65. The lowest BCUT2D eigenvalue weighted by molar-refractivity contribution is 0.104. The summed E-state index contributed by atoms with van der Waals surface area (Å²) in [6.45, 7) is 5.30. The van der Waals surface area contributed by atoms with E-state index < -0.39 is 0 Å². The molecule has 0 spiro atoms. The van der Waals surface area contributed by atoms with E-state index in [2.05, 4.69) is 29.5 Å². The Kier molecular flexibility index (Phi) is 5.52. The van der Waals surface area contributed by atoms with E-state index in [-0.39, 0.29) is 5.78 Å². The number of carbonyl (C=O) groups is 1. The molecule has 2 aromatic carbocycles. The van der Waals surface area contributed by atoms with Crippen LogP contribution in [0.15, 0.2) is 54.6 Å². The maximum atomic E-state index is 12.5. The first kappa shape index (κ1) is 17.9. The zero-order valence-corrected chi connectivity index (χ0v) is 15.5. The third-order valence-electron chi connectivity index (χ3n) is 4.35. The molecule has 26 heavy (non-hydrogen) atoms. The summed E-state index contributed by atoms with van der Waals surface area (Å²) in [6, 6.07) is 15.3. The molecule has 0 saturated heterocycles. The fraction of sp³-hybridized carbons (Fsp3) is 0.273. The van der Waals surface area contributed by atoms with E-state index in [1.165, 1.54) is 0 Å². The number of allylic oxidation sites excluding steroid dienone is 1. The number of benzene rings is 2. The molecule has 1 heterocycles. The molecule has 4 heteroatoms. The van der Waals surface area contributed by atoms with Crippen molar-refractivity contribution in [3.63, 3.8) is 0 Å². The number of rotatable bonds is 7. The van der Waals surface area contributed by atoms with Crippen molar-refractivity contribution in [2.75, 3.05) is 7.11 Å². The predicted octanol–water partition coefficient (Wildman–Crippen LogP) is 4.99. The Morgan fingerprint density at radius 2 is 2.00 bits per heavy atom. The lowest BCUT2D eigenvalue weighted by atomic mass is 10.1.